The molecule has 4 N–H and O–H groups in total. The third-order valence-electron chi connectivity index (χ3n) is 11.6. The van der Waals surface area contributed by atoms with Gasteiger partial charge in [-0.25, -0.2) is 9.59 Å². The highest BCUT2D eigenvalue weighted by Gasteiger charge is 2.44. The molecule has 0 radical (unpaired) electrons. The molecule has 0 saturated carbocycles. The second-order valence-corrected chi connectivity index (χ2v) is 14.5. The minimum atomic E-state index is -1.01. The number of anilines is 2. The van der Waals surface area contributed by atoms with Crippen molar-refractivity contribution in [2.75, 3.05) is 57.4 Å². The van der Waals surface area contributed by atoms with Crippen LogP contribution in [0.2, 0.25) is 0 Å². The van der Waals surface area contributed by atoms with E-state index in [2.05, 4.69) is 17.3 Å². The number of aryl methyl sites for hydroxylation is 2. The van der Waals surface area contributed by atoms with Crippen molar-refractivity contribution in [3.8, 4) is 0 Å². The van der Waals surface area contributed by atoms with Crippen LogP contribution >= 0.6 is 0 Å². The summed E-state index contributed by atoms with van der Waals surface area (Å²) in [6, 6.07) is 11.1. The number of rotatable bonds is 6. The summed E-state index contributed by atoms with van der Waals surface area (Å²) in [5.74, 6) is 0.813. The van der Waals surface area contributed by atoms with E-state index in [1.165, 1.54) is 17.7 Å². The van der Waals surface area contributed by atoms with E-state index in [0.717, 1.165) is 66.0 Å². The van der Waals surface area contributed by atoms with Crippen molar-refractivity contribution in [2.45, 2.75) is 77.3 Å². The van der Waals surface area contributed by atoms with Crippen LogP contribution < -0.4 is 11.1 Å². The molecule has 3 atom stereocenters. The molecular formula is C37H52N6O4. The molecule has 3 fully saturated rings. The molecular weight excluding hydrogens is 592 g/mol. The van der Waals surface area contributed by atoms with Crippen molar-refractivity contribution < 1.29 is 19.5 Å². The van der Waals surface area contributed by atoms with Crippen LogP contribution in [0.25, 0.3) is 0 Å². The normalized spacial score (nSPS) is 24.0. The number of para-hydroxylation sites is 1. The number of nitrogen functional groups attached to an aromatic ring is 1. The third kappa shape index (κ3) is 7.22. The molecule has 2 unspecified atom stereocenters. The SMILES string of the molecule is Cc1cc(CC(C(=O)N2CCC(C3CCN(C)CC3)CC2)[C@H]2CC(N3CCc4ccccc4NC3=O)CCN2C(=O)O)cc(C)c1N. The number of nitrogens with one attached hydrogen (secondary N) is 1. The zero-order chi connectivity index (χ0) is 33.2. The molecule has 2 aromatic carbocycles. The van der Waals surface area contributed by atoms with Gasteiger partial charge in [-0.15, -0.1) is 0 Å². The zero-order valence-corrected chi connectivity index (χ0v) is 28.3. The second-order valence-electron chi connectivity index (χ2n) is 14.5. The maximum Gasteiger partial charge on any atom is 0.407 e. The number of amides is 4. The van der Waals surface area contributed by atoms with Crippen LogP contribution in [-0.2, 0) is 17.6 Å². The monoisotopic (exact) mass is 644 g/mol. The van der Waals surface area contributed by atoms with Crippen LogP contribution in [0.1, 0.15) is 60.8 Å². The van der Waals surface area contributed by atoms with Gasteiger partial charge < -0.3 is 35.8 Å². The Labute approximate surface area is 279 Å². The highest BCUT2D eigenvalue weighted by atomic mass is 16.4. The lowest BCUT2D eigenvalue weighted by Gasteiger charge is -2.46. The van der Waals surface area contributed by atoms with E-state index >= 15 is 0 Å². The van der Waals surface area contributed by atoms with Crippen LogP contribution in [0, 0.1) is 31.6 Å². The minimum absolute atomic E-state index is 0.0311. The quantitative estimate of drug-likeness (QED) is 0.371. The summed E-state index contributed by atoms with van der Waals surface area (Å²) in [4.78, 5) is 48.7. The van der Waals surface area contributed by atoms with Crippen molar-refractivity contribution in [1.82, 2.24) is 19.6 Å². The highest BCUT2D eigenvalue weighted by molar-refractivity contribution is 5.91. The number of carbonyl (C=O) groups excluding carboxylic acids is 2. The number of hydrogen-bond acceptors (Lipinski definition) is 5. The van der Waals surface area contributed by atoms with Crippen LogP contribution in [-0.4, -0.2) is 101 Å². The van der Waals surface area contributed by atoms with Gasteiger partial charge in [0.05, 0.1) is 5.92 Å². The van der Waals surface area contributed by atoms with Gasteiger partial charge in [-0.3, -0.25) is 4.79 Å². The predicted molar refractivity (Wildman–Crippen MR) is 184 cm³/mol. The van der Waals surface area contributed by atoms with E-state index in [1.807, 2.05) is 60.0 Å². The van der Waals surface area contributed by atoms with Crippen molar-refractivity contribution in [1.29, 1.82) is 0 Å². The second kappa shape index (κ2) is 14.1. The molecule has 10 nitrogen and oxygen atoms in total. The van der Waals surface area contributed by atoms with E-state index in [1.54, 1.807) is 0 Å². The molecule has 4 aliphatic rings. The number of carbonyl (C=O) groups is 3. The molecule has 4 heterocycles. The average Bonchev–Trinajstić information content (AvgIpc) is 3.24. The molecule has 3 saturated heterocycles. The summed E-state index contributed by atoms with van der Waals surface area (Å²) in [7, 11) is 2.19. The first kappa shape index (κ1) is 33.1. The van der Waals surface area contributed by atoms with Gasteiger partial charge in [-0.05, 0) is 126 Å². The van der Waals surface area contributed by atoms with Crippen molar-refractivity contribution in [2.24, 2.45) is 17.8 Å². The topological polar surface area (TPSA) is 122 Å². The molecule has 4 amide bonds. The Hall–Kier alpha value is -3.79. The number of nitrogens with zero attached hydrogens (tertiary/aromatic N) is 4. The lowest BCUT2D eigenvalue weighted by molar-refractivity contribution is -0.140. The first-order chi connectivity index (χ1) is 22.6. The molecule has 0 spiro atoms. The fourth-order valence-electron chi connectivity index (χ4n) is 8.77. The van der Waals surface area contributed by atoms with Gasteiger partial charge in [0.1, 0.15) is 0 Å². The molecule has 10 heteroatoms. The standard InChI is InChI=1S/C37H52N6O4/c1-24-20-26(21-25(2)34(24)38)22-31(35(44)41-16-10-28(11-17-41)27-8-14-40(3)15-9-27)33-23-30(13-19-43(33)37(46)47)42-18-12-29-6-4-5-7-32(29)39-36(42)45/h4-7,20-21,27-28,30-31,33H,8-19,22-23,38H2,1-3H3,(H,39,45)(H,46,47)/t30?,31?,33-/m1/s1. The van der Waals surface area contributed by atoms with Gasteiger partial charge in [0.25, 0.3) is 0 Å². The number of hydrogen-bond donors (Lipinski definition) is 3. The minimum Gasteiger partial charge on any atom is -0.465 e. The summed E-state index contributed by atoms with van der Waals surface area (Å²) in [6.07, 6.45) is 5.53. The first-order valence-electron chi connectivity index (χ1n) is 17.6. The Morgan fingerprint density at radius 1 is 0.936 bits per heavy atom. The van der Waals surface area contributed by atoms with Crippen molar-refractivity contribution in [3.63, 3.8) is 0 Å². The van der Waals surface area contributed by atoms with Gasteiger partial charge >= 0.3 is 12.1 Å². The molecule has 254 valence electrons. The van der Waals surface area contributed by atoms with Crippen LogP contribution in [0.3, 0.4) is 0 Å². The first-order valence-corrected chi connectivity index (χ1v) is 17.6. The van der Waals surface area contributed by atoms with Crippen molar-refractivity contribution in [3.05, 3.63) is 58.7 Å². The van der Waals surface area contributed by atoms with Gasteiger partial charge in [0.2, 0.25) is 5.91 Å². The number of carboxylic acid groups (broad SMARTS) is 1. The summed E-state index contributed by atoms with van der Waals surface area (Å²) in [6.45, 7) is 8.49. The lowest BCUT2D eigenvalue weighted by atomic mass is 9.78. The Kier molecular flexibility index (Phi) is 9.96. The van der Waals surface area contributed by atoms with E-state index in [9.17, 15) is 19.5 Å². The molecule has 0 aliphatic carbocycles. The highest BCUT2D eigenvalue weighted by Crippen LogP contribution is 2.36. The molecule has 2 aromatic rings. The number of nitrogens with two attached hydrogens (primary N) is 1. The van der Waals surface area contributed by atoms with E-state index in [4.69, 9.17) is 5.73 Å². The fraction of sp³-hybridized carbons (Fsp3) is 0.595. The summed E-state index contributed by atoms with van der Waals surface area (Å²) < 4.78 is 0. The molecule has 47 heavy (non-hydrogen) atoms. The number of urea groups is 1. The average molecular weight is 645 g/mol. The largest absolute Gasteiger partial charge is 0.465 e. The number of likely N-dealkylation sites (tertiary alicyclic amines) is 3. The molecule has 4 aliphatic heterocycles. The summed E-state index contributed by atoms with van der Waals surface area (Å²) >= 11 is 0. The summed E-state index contributed by atoms with van der Waals surface area (Å²) in [5.41, 5.74) is 11.9. The van der Waals surface area contributed by atoms with Gasteiger partial charge in [-0.1, -0.05) is 30.3 Å². The summed E-state index contributed by atoms with van der Waals surface area (Å²) in [5, 5.41) is 13.5. The Morgan fingerprint density at radius 2 is 1.57 bits per heavy atom. The van der Waals surface area contributed by atoms with Gasteiger partial charge in [0.15, 0.2) is 0 Å². The van der Waals surface area contributed by atoms with E-state index in [0.29, 0.717) is 50.7 Å². The fourth-order valence-corrected chi connectivity index (χ4v) is 8.77. The maximum absolute atomic E-state index is 14.7. The number of piperidine rings is 3. The Morgan fingerprint density at radius 3 is 2.23 bits per heavy atom. The molecule has 6 rings (SSSR count). The lowest BCUT2D eigenvalue weighted by Crippen LogP contribution is -2.59. The molecule has 0 bridgehead atoms. The number of fused-ring (bicyclic) bond motifs is 1. The maximum atomic E-state index is 14.7. The zero-order valence-electron chi connectivity index (χ0n) is 28.3. The van der Waals surface area contributed by atoms with Crippen LogP contribution in [0.5, 0.6) is 0 Å². The third-order valence-corrected chi connectivity index (χ3v) is 11.6. The van der Waals surface area contributed by atoms with Gasteiger partial charge in [-0.2, -0.15) is 0 Å². The van der Waals surface area contributed by atoms with Crippen LogP contribution in [0.15, 0.2) is 36.4 Å². The Bertz CT molecular complexity index is 1440. The van der Waals surface area contributed by atoms with Gasteiger partial charge in [0, 0.05) is 49.6 Å². The van der Waals surface area contributed by atoms with E-state index in [-0.39, 0.29) is 24.5 Å². The van der Waals surface area contributed by atoms with E-state index < -0.39 is 18.1 Å². The van der Waals surface area contributed by atoms with Crippen LogP contribution in [0.4, 0.5) is 21.0 Å². The number of benzene rings is 2. The van der Waals surface area contributed by atoms with Crippen molar-refractivity contribution >= 4 is 29.4 Å². The smallest absolute Gasteiger partial charge is 0.407 e. The predicted octanol–water partition coefficient (Wildman–Crippen LogP) is 5.23. The molecule has 0 aromatic heterocycles. The Balaban J connectivity index is 1.25.